The lowest BCUT2D eigenvalue weighted by Gasteiger charge is -2.03. The molecule has 0 saturated carbocycles. The number of nitrogens with zero attached hydrogens (tertiary/aromatic N) is 1. The standard InChI is InChI=1S/C18H14N2O2/c21-12-4-3-5-13-8-10-14(11-9-13)17-19-16-7-2-1-6-15(16)18(22)20-17/h1-2,6-11,21H,4,12H2,(H,19,20,22). The van der Waals surface area contributed by atoms with Crippen LogP contribution in [0.3, 0.4) is 0 Å². The van der Waals surface area contributed by atoms with Gasteiger partial charge in [-0.2, -0.15) is 0 Å². The molecule has 0 saturated heterocycles. The quantitative estimate of drug-likeness (QED) is 0.712. The average molecular weight is 290 g/mol. The van der Waals surface area contributed by atoms with Gasteiger partial charge in [-0.1, -0.05) is 36.1 Å². The van der Waals surface area contributed by atoms with Gasteiger partial charge in [-0.05, 0) is 24.3 Å². The third kappa shape index (κ3) is 2.90. The van der Waals surface area contributed by atoms with E-state index in [0.717, 1.165) is 11.1 Å². The highest BCUT2D eigenvalue weighted by atomic mass is 16.2. The molecule has 4 nitrogen and oxygen atoms in total. The van der Waals surface area contributed by atoms with Gasteiger partial charge in [0.25, 0.3) is 5.56 Å². The summed E-state index contributed by atoms with van der Waals surface area (Å²) in [5.74, 6) is 6.37. The Bertz CT molecular complexity index is 915. The lowest BCUT2D eigenvalue weighted by Crippen LogP contribution is -2.09. The van der Waals surface area contributed by atoms with E-state index < -0.39 is 0 Å². The summed E-state index contributed by atoms with van der Waals surface area (Å²) in [6.45, 7) is 0.0628. The molecule has 0 aliphatic carbocycles. The highest BCUT2D eigenvalue weighted by Gasteiger charge is 2.05. The maximum absolute atomic E-state index is 12.1. The van der Waals surface area contributed by atoms with Crippen molar-refractivity contribution in [3.8, 4) is 23.2 Å². The fourth-order valence-electron chi connectivity index (χ4n) is 2.16. The molecule has 2 aromatic carbocycles. The Morgan fingerprint density at radius 3 is 2.64 bits per heavy atom. The summed E-state index contributed by atoms with van der Waals surface area (Å²) in [6, 6.07) is 14.7. The minimum Gasteiger partial charge on any atom is -0.395 e. The second-order valence-corrected chi connectivity index (χ2v) is 4.78. The normalized spacial score (nSPS) is 10.2. The number of aromatic nitrogens is 2. The topological polar surface area (TPSA) is 66.0 Å². The Hall–Kier alpha value is -2.90. The molecule has 22 heavy (non-hydrogen) atoms. The van der Waals surface area contributed by atoms with Crippen molar-refractivity contribution >= 4 is 10.9 Å². The number of aromatic amines is 1. The van der Waals surface area contributed by atoms with Gasteiger partial charge in [0, 0.05) is 17.5 Å². The van der Waals surface area contributed by atoms with E-state index in [1.165, 1.54) is 0 Å². The van der Waals surface area contributed by atoms with Crippen molar-refractivity contribution in [2.75, 3.05) is 6.61 Å². The molecular weight excluding hydrogens is 276 g/mol. The van der Waals surface area contributed by atoms with Crippen molar-refractivity contribution < 1.29 is 5.11 Å². The molecule has 4 heteroatoms. The van der Waals surface area contributed by atoms with E-state index in [2.05, 4.69) is 21.8 Å². The zero-order valence-corrected chi connectivity index (χ0v) is 11.8. The predicted molar refractivity (Wildman–Crippen MR) is 86.4 cm³/mol. The number of rotatable bonds is 2. The first-order valence-corrected chi connectivity index (χ1v) is 6.97. The summed E-state index contributed by atoms with van der Waals surface area (Å²) < 4.78 is 0. The molecule has 3 aromatic rings. The zero-order valence-electron chi connectivity index (χ0n) is 11.8. The Labute approximate surface area is 127 Å². The second-order valence-electron chi connectivity index (χ2n) is 4.78. The number of hydrogen-bond donors (Lipinski definition) is 2. The smallest absolute Gasteiger partial charge is 0.259 e. The molecule has 0 aliphatic rings. The Balaban J connectivity index is 1.98. The van der Waals surface area contributed by atoms with Crippen LogP contribution in [-0.2, 0) is 0 Å². The summed E-state index contributed by atoms with van der Waals surface area (Å²) in [6.07, 6.45) is 0.460. The van der Waals surface area contributed by atoms with Gasteiger partial charge in [-0.25, -0.2) is 4.98 Å². The number of H-pyrrole nitrogens is 1. The molecule has 0 bridgehead atoms. The van der Waals surface area contributed by atoms with E-state index in [9.17, 15) is 4.79 Å². The molecule has 3 rings (SSSR count). The van der Waals surface area contributed by atoms with Gasteiger partial charge < -0.3 is 10.1 Å². The van der Waals surface area contributed by atoms with Gasteiger partial charge in [-0.15, -0.1) is 0 Å². The monoisotopic (exact) mass is 290 g/mol. The van der Waals surface area contributed by atoms with Gasteiger partial charge in [0.1, 0.15) is 5.82 Å². The number of aliphatic hydroxyl groups excluding tert-OH is 1. The predicted octanol–water partition coefficient (Wildman–Crippen LogP) is 2.32. The molecule has 0 radical (unpaired) electrons. The minimum atomic E-state index is -0.146. The lowest BCUT2D eigenvalue weighted by atomic mass is 10.1. The summed E-state index contributed by atoms with van der Waals surface area (Å²) in [5.41, 5.74) is 2.22. The van der Waals surface area contributed by atoms with E-state index >= 15 is 0 Å². The van der Waals surface area contributed by atoms with Crippen LogP contribution in [0.2, 0.25) is 0 Å². The summed E-state index contributed by atoms with van der Waals surface area (Å²) in [7, 11) is 0. The first-order chi connectivity index (χ1) is 10.8. The molecule has 108 valence electrons. The highest BCUT2D eigenvalue weighted by molar-refractivity contribution is 5.79. The molecule has 1 aromatic heterocycles. The van der Waals surface area contributed by atoms with Crippen LogP contribution in [-0.4, -0.2) is 21.7 Å². The van der Waals surface area contributed by atoms with Crippen LogP contribution in [0.1, 0.15) is 12.0 Å². The fraction of sp³-hybridized carbons (Fsp3) is 0.111. The van der Waals surface area contributed by atoms with E-state index in [-0.39, 0.29) is 12.2 Å². The van der Waals surface area contributed by atoms with Crippen molar-refractivity contribution in [1.82, 2.24) is 9.97 Å². The number of benzene rings is 2. The van der Waals surface area contributed by atoms with Crippen LogP contribution in [0.5, 0.6) is 0 Å². The lowest BCUT2D eigenvalue weighted by molar-refractivity contribution is 0.305. The first kappa shape index (κ1) is 14.1. The first-order valence-electron chi connectivity index (χ1n) is 6.97. The summed E-state index contributed by atoms with van der Waals surface area (Å²) in [4.78, 5) is 19.4. The van der Waals surface area contributed by atoms with Crippen molar-refractivity contribution in [3.63, 3.8) is 0 Å². The van der Waals surface area contributed by atoms with Crippen LogP contribution in [0.25, 0.3) is 22.3 Å². The van der Waals surface area contributed by atoms with Crippen molar-refractivity contribution in [2.45, 2.75) is 6.42 Å². The molecule has 0 fully saturated rings. The van der Waals surface area contributed by atoms with Crippen LogP contribution < -0.4 is 5.56 Å². The summed E-state index contributed by atoms with van der Waals surface area (Å²) in [5, 5.41) is 9.29. The van der Waals surface area contributed by atoms with E-state index in [0.29, 0.717) is 23.1 Å². The number of para-hydroxylation sites is 1. The van der Waals surface area contributed by atoms with Crippen LogP contribution in [0, 0.1) is 11.8 Å². The van der Waals surface area contributed by atoms with Gasteiger partial charge in [0.2, 0.25) is 0 Å². The minimum absolute atomic E-state index is 0.0628. The van der Waals surface area contributed by atoms with E-state index in [1.54, 1.807) is 6.07 Å². The third-order valence-electron chi connectivity index (χ3n) is 3.24. The molecule has 0 aliphatic heterocycles. The third-order valence-corrected chi connectivity index (χ3v) is 3.24. The average Bonchev–Trinajstić information content (AvgIpc) is 2.56. The molecule has 0 spiro atoms. The van der Waals surface area contributed by atoms with Gasteiger partial charge in [0.15, 0.2) is 0 Å². The largest absolute Gasteiger partial charge is 0.395 e. The maximum atomic E-state index is 12.1. The Kier molecular flexibility index (Phi) is 3.99. The van der Waals surface area contributed by atoms with E-state index in [4.69, 9.17) is 5.11 Å². The van der Waals surface area contributed by atoms with Gasteiger partial charge in [-0.3, -0.25) is 4.79 Å². The SMILES string of the molecule is O=c1[nH]c(-c2ccc(C#CCCO)cc2)nc2ccccc12. The number of fused-ring (bicyclic) bond motifs is 1. The molecule has 2 N–H and O–H groups in total. The highest BCUT2D eigenvalue weighted by Crippen LogP contribution is 2.16. The maximum Gasteiger partial charge on any atom is 0.259 e. The molecule has 0 amide bonds. The molecule has 1 heterocycles. The van der Waals surface area contributed by atoms with Crippen molar-refractivity contribution in [3.05, 3.63) is 64.4 Å². The van der Waals surface area contributed by atoms with Gasteiger partial charge >= 0.3 is 0 Å². The van der Waals surface area contributed by atoms with Crippen molar-refractivity contribution in [1.29, 1.82) is 0 Å². The second kappa shape index (κ2) is 6.25. The number of hydrogen-bond acceptors (Lipinski definition) is 3. The molecule has 0 atom stereocenters. The molecular formula is C18H14N2O2. The zero-order chi connectivity index (χ0) is 15.4. The van der Waals surface area contributed by atoms with E-state index in [1.807, 2.05) is 42.5 Å². The van der Waals surface area contributed by atoms with Crippen LogP contribution in [0.15, 0.2) is 53.3 Å². The van der Waals surface area contributed by atoms with Gasteiger partial charge in [0.05, 0.1) is 17.5 Å². The molecule has 0 unspecified atom stereocenters. The Morgan fingerprint density at radius 1 is 1.09 bits per heavy atom. The number of nitrogens with one attached hydrogen (secondary N) is 1. The van der Waals surface area contributed by atoms with Crippen LogP contribution in [0.4, 0.5) is 0 Å². The number of aliphatic hydroxyl groups is 1. The fourth-order valence-corrected chi connectivity index (χ4v) is 2.16. The van der Waals surface area contributed by atoms with Crippen molar-refractivity contribution in [2.24, 2.45) is 0 Å². The Morgan fingerprint density at radius 2 is 1.86 bits per heavy atom. The summed E-state index contributed by atoms with van der Waals surface area (Å²) >= 11 is 0. The van der Waals surface area contributed by atoms with Crippen LogP contribution >= 0.6 is 0 Å².